The van der Waals surface area contributed by atoms with Gasteiger partial charge in [-0.2, -0.15) is 0 Å². The van der Waals surface area contributed by atoms with Gasteiger partial charge in [0.05, 0.1) is 0 Å². The van der Waals surface area contributed by atoms with Gasteiger partial charge in [-0.3, -0.25) is 0 Å². The molecule has 2 aliphatic rings. The molecule has 2 rings (SSSR count). The average molecular weight is 238 g/mol. The number of hydrogen-bond donors (Lipinski definition) is 1. The minimum Gasteiger partial charge on any atom is -0.310 e. The van der Waals surface area contributed by atoms with Crippen molar-refractivity contribution in [3.05, 3.63) is 0 Å². The maximum absolute atomic E-state index is 3.87. The highest BCUT2D eigenvalue weighted by molar-refractivity contribution is 4.95. The molecule has 2 fully saturated rings. The molecule has 1 aliphatic heterocycles. The van der Waals surface area contributed by atoms with Crippen molar-refractivity contribution in [2.45, 2.75) is 64.8 Å². The molecule has 2 nitrogen and oxygen atoms in total. The van der Waals surface area contributed by atoms with Crippen molar-refractivity contribution in [2.75, 3.05) is 26.2 Å². The molecule has 1 spiro atoms. The lowest BCUT2D eigenvalue weighted by atomic mass is 9.81. The first kappa shape index (κ1) is 13.4. The Morgan fingerprint density at radius 2 is 1.76 bits per heavy atom. The Kier molecular flexibility index (Phi) is 4.14. The van der Waals surface area contributed by atoms with Crippen molar-refractivity contribution in [1.82, 2.24) is 10.2 Å². The van der Waals surface area contributed by atoms with E-state index in [4.69, 9.17) is 0 Å². The third kappa shape index (κ3) is 3.96. The van der Waals surface area contributed by atoms with E-state index in [1.807, 2.05) is 0 Å². The van der Waals surface area contributed by atoms with E-state index in [-0.39, 0.29) is 0 Å². The Bertz CT molecular complexity index is 236. The summed E-state index contributed by atoms with van der Waals surface area (Å²) in [6, 6.07) is 0. The topological polar surface area (TPSA) is 15.3 Å². The molecule has 0 atom stereocenters. The van der Waals surface area contributed by atoms with Gasteiger partial charge in [0.15, 0.2) is 0 Å². The molecular formula is C15H30N2. The lowest BCUT2D eigenvalue weighted by Gasteiger charge is -2.41. The van der Waals surface area contributed by atoms with Crippen molar-refractivity contribution in [1.29, 1.82) is 0 Å². The van der Waals surface area contributed by atoms with Crippen LogP contribution in [0.25, 0.3) is 0 Å². The van der Waals surface area contributed by atoms with Crippen molar-refractivity contribution < 1.29 is 0 Å². The average Bonchev–Trinajstić information content (AvgIpc) is 2.40. The number of rotatable bonds is 1. The van der Waals surface area contributed by atoms with Crippen molar-refractivity contribution in [2.24, 2.45) is 5.41 Å². The van der Waals surface area contributed by atoms with Crippen LogP contribution in [0.5, 0.6) is 0 Å². The summed E-state index contributed by atoms with van der Waals surface area (Å²) in [4.78, 5) is 2.71. The first-order valence-electron chi connectivity index (χ1n) is 7.47. The minimum absolute atomic E-state index is 0.431. The summed E-state index contributed by atoms with van der Waals surface area (Å²) in [5, 5.41) is 3.87. The summed E-state index contributed by atoms with van der Waals surface area (Å²) < 4.78 is 0. The van der Waals surface area contributed by atoms with Crippen LogP contribution in [0.15, 0.2) is 0 Å². The normalized spacial score (nSPS) is 27.0. The molecule has 1 N–H and O–H groups in total. The highest BCUT2D eigenvalue weighted by atomic mass is 15.2. The Labute approximate surface area is 107 Å². The summed E-state index contributed by atoms with van der Waals surface area (Å²) >= 11 is 0. The zero-order valence-electron chi connectivity index (χ0n) is 12.0. The fourth-order valence-electron chi connectivity index (χ4n) is 3.59. The molecule has 1 aliphatic carbocycles. The van der Waals surface area contributed by atoms with Gasteiger partial charge in [-0.05, 0) is 37.8 Å². The van der Waals surface area contributed by atoms with Crippen LogP contribution in [0, 0.1) is 5.41 Å². The molecule has 1 saturated carbocycles. The van der Waals surface area contributed by atoms with E-state index < -0.39 is 0 Å². The van der Waals surface area contributed by atoms with E-state index in [1.165, 1.54) is 64.7 Å². The van der Waals surface area contributed by atoms with Crippen LogP contribution < -0.4 is 5.32 Å². The molecule has 0 aromatic rings. The van der Waals surface area contributed by atoms with Gasteiger partial charge < -0.3 is 10.2 Å². The quantitative estimate of drug-likeness (QED) is 0.755. The van der Waals surface area contributed by atoms with Crippen molar-refractivity contribution in [3.8, 4) is 0 Å². The van der Waals surface area contributed by atoms with Crippen LogP contribution in [-0.2, 0) is 0 Å². The second-order valence-corrected chi connectivity index (χ2v) is 7.39. The standard InChI is InChI=1S/C15H30N2/c1-14(2,3)12-17-11-7-10-16-15(13-17)8-5-4-6-9-15/h16H,4-13H2,1-3H3. The Hall–Kier alpha value is -0.0800. The van der Waals surface area contributed by atoms with Gasteiger partial charge in [0.1, 0.15) is 0 Å². The fraction of sp³-hybridized carbons (Fsp3) is 1.00. The maximum Gasteiger partial charge on any atom is 0.0308 e. The van der Waals surface area contributed by atoms with Crippen LogP contribution in [0.3, 0.4) is 0 Å². The molecule has 0 amide bonds. The van der Waals surface area contributed by atoms with Crippen molar-refractivity contribution >= 4 is 0 Å². The molecular weight excluding hydrogens is 208 g/mol. The predicted octanol–water partition coefficient (Wildman–Crippen LogP) is 3.03. The van der Waals surface area contributed by atoms with Gasteiger partial charge >= 0.3 is 0 Å². The second kappa shape index (κ2) is 5.27. The summed E-state index contributed by atoms with van der Waals surface area (Å²) in [5.41, 5.74) is 0.889. The molecule has 0 unspecified atom stereocenters. The molecule has 2 heteroatoms. The van der Waals surface area contributed by atoms with Gasteiger partial charge in [0.2, 0.25) is 0 Å². The monoisotopic (exact) mass is 238 g/mol. The summed E-state index contributed by atoms with van der Waals surface area (Å²) in [6.45, 7) is 12.1. The summed E-state index contributed by atoms with van der Waals surface area (Å²) in [5.74, 6) is 0. The van der Waals surface area contributed by atoms with Crippen LogP contribution in [0.4, 0.5) is 0 Å². The third-order valence-corrected chi connectivity index (χ3v) is 4.19. The fourth-order valence-corrected chi connectivity index (χ4v) is 3.59. The van der Waals surface area contributed by atoms with E-state index in [9.17, 15) is 0 Å². The molecule has 1 saturated heterocycles. The Morgan fingerprint density at radius 3 is 2.41 bits per heavy atom. The minimum atomic E-state index is 0.431. The molecule has 0 aromatic heterocycles. The molecule has 17 heavy (non-hydrogen) atoms. The van der Waals surface area contributed by atoms with E-state index in [2.05, 4.69) is 31.0 Å². The highest BCUT2D eigenvalue weighted by Crippen LogP contribution is 2.31. The zero-order chi connectivity index (χ0) is 12.4. The summed E-state index contributed by atoms with van der Waals surface area (Å²) in [7, 11) is 0. The highest BCUT2D eigenvalue weighted by Gasteiger charge is 2.35. The molecule has 0 radical (unpaired) electrons. The van der Waals surface area contributed by atoms with Gasteiger partial charge in [-0.1, -0.05) is 40.0 Å². The van der Waals surface area contributed by atoms with E-state index >= 15 is 0 Å². The predicted molar refractivity (Wildman–Crippen MR) is 74.3 cm³/mol. The smallest absolute Gasteiger partial charge is 0.0308 e. The SMILES string of the molecule is CC(C)(C)CN1CCCNC2(CCCCC2)C1. The van der Waals surface area contributed by atoms with Gasteiger partial charge in [0, 0.05) is 18.6 Å². The number of nitrogens with zero attached hydrogens (tertiary/aromatic N) is 1. The lowest BCUT2D eigenvalue weighted by molar-refractivity contribution is 0.131. The Balaban J connectivity index is 1.98. The number of hydrogen-bond acceptors (Lipinski definition) is 2. The number of nitrogens with one attached hydrogen (secondary N) is 1. The molecule has 100 valence electrons. The summed E-state index contributed by atoms with van der Waals surface area (Å²) in [6.07, 6.45) is 8.41. The largest absolute Gasteiger partial charge is 0.310 e. The first-order valence-corrected chi connectivity index (χ1v) is 7.47. The van der Waals surface area contributed by atoms with Gasteiger partial charge in [-0.25, -0.2) is 0 Å². The first-order chi connectivity index (χ1) is 7.99. The van der Waals surface area contributed by atoms with E-state index in [1.54, 1.807) is 0 Å². The van der Waals surface area contributed by atoms with Gasteiger partial charge in [0.25, 0.3) is 0 Å². The Morgan fingerprint density at radius 1 is 1.06 bits per heavy atom. The van der Waals surface area contributed by atoms with Crippen LogP contribution >= 0.6 is 0 Å². The van der Waals surface area contributed by atoms with Crippen LogP contribution in [-0.4, -0.2) is 36.6 Å². The second-order valence-electron chi connectivity index (χ2n) is 7.39. The van der Waals surface area contributed by atoms with Crippen molar-refractivity contribution in [3.63, 3.8) is 0 Å². The molecule has 0 aromatic carbocycles. The lowest BCUT2D eigenvalue weighted by Crippen LogP contribution is -2.53. The van der Waals surface area contributed by atoms with Gasteiger partial charge in [-0.15, -0.1) is 0 Å². The third-order valence-electron chi connectivity index (χ3n) is 4.19. The van der Waals surface area contributed by atoms with Crippen LogP contribution in [0.2, 0.25) is 0 Å². The maximum atomic E-state index is 3.87. The zero-order valence-corrected chi connectivity index (χ0v) is 12.0. The molecule has 1 heterocycles. The van der Waals surface area contributed by atoms with E-state index in [0.29, 0.717) is 11.0 Å². The van der Waals surface area contributed by atoms with E-state index in [0.717, 1.165) is 0 Å². The molecule has 0 bridgehead atoms. The van der Waals surface area contributed by atoms with Crippen LogP contribution in [0.1, 0.15) is 59.3 Å².